The summed E-state index contributed by atoms with van der Waals surface area (Å²) >= 11 is 0. The van der Waals surface area contributed by atoms with Gasteiger partial charge < -0.3 is 5.32 Å². The molecule has 1 N–H and O–H groups in total. The predicted molar refractivity (Wildman–Crippen MR) is 78.7 cm³/mol. The van der Waals surface area contributed by atoms with Gasteiger partial charge in [-0.3, -0.25) is 14.5 Å². The quantitative estimate of drug-likeness (QED) is 0.834. The van der Waals surface area contributed by atoms with Crippen LogP contribution in [0.15, 0.2) is 30.3 Å². The van der Waals surface area contributed by atoms with E-state index in [1.807, 2.05) is 30.3 Å². The van der Waals surface area contributed by atoms with Gasteiger partial charge >= 0.3 is 0 Å². The molecule has 0 aromatic heterocycles. The molecule has 108 valence electrons. The van der Waals surface area contributed by atoms with E-state index in [0.29, 0.717) is 13.0 Å². The van der Waals surface area contributed by atoms with Crippen LogP contribution in [0.4, 0.5) is 0 Å². The molecule has 2 rings (SSSR count). The van der Waals surface area contributed by atoms with Gasteiger partial charge in [-0.25, -0.2) is 0 Å². The summed E-state index contributed by atoms with van der Waals surface area (Å²) in [7, 11) is 1.67. The molecule has 0 spiro atoms. The zero-order chi connectivity index (χ0) is 14.4. The summed E-state index contributed by atoms with van der Waals surface area (Å²) in [4.78, 5) is 26.1. The Hall–Kier alpha value is -1.68. The highest BCUT2D eigenvalue weighted by molar-refractivity contribution is 5.96. The van der Waals surface area contributed by atoms with Gasteiger partial charge in [-0.05, 0) is 19.4 Å². The SMILES string of the molecule is CNC(=O)C1CCCCN1CCC(=O)c1ccccc1. The van der Waals surface area contributed by atoms with Crippen LogP contribution in [0.5, 0.6) is 0 Å². The van der Waals surface area contributed by atoms with Gasteiger partial charge in [0.15, 0.2) is 5.78 Å². The largest absolute Gasteiger partial charge is 0.358 e. The number of likely N-dealkylation sites (tertiary alicyclic amines) is 1. The van der Waals surface area contributed by atoms with Gasteiger partial charge in [0.25, 0.3) is 0 Å². The van der Waals surface area contributed by atoms with Crippen molar-refractivity contribution in [2.45, 2.75) is 31.7 Å². The highest BCUT2D eigenvalue weighted by atomic mass is 16.2. The van der Waals surface area contributed by atoms with Crippen LogP contribution in [0.2, 0.25) is 0 Å². The Morgan fingerprint density at radius 1 is 1.25 bits per heavy atom. The molecule has 4 nitrogen and oxygen atoms in total. The summed E-state index contributed by atoms with van der Waals surface area (Å²) in [5, 5.41) is 2.72. The highest BCUT2D eigenvalue weighted by Crippen LogP contribution is 2.18. The number of piperidine rings is 1. The van der Waals surface area contributed by atoms with Gasteiger partial charge in [0.05, 0.1) is 6.04 Å². The number of Topliss-reactive ketones (excluding diaryl/α,β-unsaturated/α-hetero) is 1. The molecule has 1 heterocycles. The van der Waals surface area contributed by atoms with Crippen LogP contribution in [-0.4, -0.2) is 42.8 Å². The average Bonchev–Trinajstić information content (AvgIpc) is 2.53. The van der Waals surface area contributed by atoms with Crippen LogP contribution in [0.1, 0.15) is 36.0 Å². The number of nitrogens with one attached hydrogen (secondary N) is 1. The minimum absolute atomic E-state index is 0.0665. The number of benzene rings is 1. The summed E-state index contributed by atoms with van der Waals surface area (Å²) in [6.07, 6.45) is 3.55. The van der Waals surface area contributed by atoms with Crippen molar-refractivity contribution in [3.8, 4) is 0 Å². The van der Waals surface area contributed by atoms with Crippen LogP contribution < -0.4 is 5.32 Å². The number of rotatable bonds is 5. The normalized spacial score (nSPS) is 19.6. The molecule has 1 unspecified atom stereocenters. The lowest BCUT2D eigenvalue weighted by Gasteiger charge is -2.34. The van der Waals surface area contributed by atoms with Crippen molar-refractivity contribution in [1.82, 2.24) is 10.2 Å². The van der Waals surface area contributed by atoms with E-state index in [-0.39, 0.29) is 17.7 Å². The Labute approximate surface area is 120 Å². The van der Waals surface area contributed by atoms with E-state index in [1.54, 1.807) is 7.05 Å². The molecule has 1 aromatic rings. The van der Waals surface area contributed by atoms with Crippen molar-refractivity contribution in [1.29, 1.82) is 0 Å². The molecule has 1 amide bonds. The van der Waals surface area contributed by atoms with E-state index in [1.165, 1.54) is 0 Å². The second kappa shape index (κ2) is 7.20. The third kappa shape index (κ3) is 3.67. The number of likely N-dealkylation sites (N-methyl/N-ethyl adjacent to an activating group) is 1. The van der Waals surface area contributed by atoms with E-state index in [4.69, 9.17) is 0 Å². The number of hydrogen-bond acceptors (Lipinski definition) is 3. The molecule has 1 fully saturated rings. The summed E-state index contributed by atoms with van der Waals surface area (Å²) < 4.78 is 0. The standard InChI is InChI=1S/C16H22N2O2/c1-17-16(20)14-9-5-6-11-18(14)12-10-15(19)13-7-3-2-4-8-13/h2-4,7-8,14H,5-6,9-12H2,1H3,(H,17,20). The molecular formula is C16H22N2O2. The zero-order valence-electron chi connectivity index (χ0n) is 12.0. The first-order valence-electron chi connectivity index (χ1n) is 7.26. The maximum absolute atomic E-state index is 12.1. The molecular weight excluding hydrogens is 252 g/mol. The minimum atomic E-state index is -0.0719. The predicted octanol–water partition coefficient (Wildman–Crippen LogP) is 1.86. The molecule has 20 heavy (non-hydrogen) atoms. The van der Waals surface area contributed by atoms with Gasteiger partial charge in [-0.1, -0.05) is 36.8 Å². The molecule has 1 aromatic carbocycles. The van der Waals surface area contributed by atoms with Gasteiger partial charge in [0.2, 0.25) is 5.91 Å². The van der Waals surface area contributed by atoms with Gasteiger partial charge in [-0.15, -0.1) is 0 Å². The van der Waals surface area contributed by atoms with Crippen LogP contribution in [0, 0.1) is 0 Å². The molecule has 0 aliphatic carbocycles. The molecule has 0 bridgehead atoms. The van der Waals surface area contributed by atoms with E-state index in [2.05, 4.69) is 10.2 Å². The molecule has 1 atom stereocenters. The molecule has 1 aliphatic heterocycles. The summed E-state index contributed by atoms with van der Waals surface area (Å²) in [5.74, 6) is 0.212. The number of nitrogens with zero attached hydrogens (tertiary/aromatic N) is 1. The van der Waals surface area contributed by atoms with E-state index >= 15 is 0 Å². The van der Waals surface area contributed by atoms with Crippen molar-refractivity contribution >= 4 is 11.7 Å². The fraction of sp³-hybridized carbons (Fsp3) is 0.500. The Kier molecular flexibility index (Phi) is 5.30. The summed E-state index contributed by atoms with van der Waals surface area (Å²) in [6, 6.07) is 9.27. The third-order valence-corrected chi connectivity index (χ3v) is 3.88. The molecule has 0 radical (unpaired) electrons. The molecule has 1 aliphatic rings. The van der Waals surface area contributed by atoms with E-state index in [0.717, 1.165) is 31.4 Å². The number of carbonyl (C=O) groups is 2. The molecule has 4 heteroatoms. The number of hydrogen-bond donors (Lipinski definition) is 1. The number of ketones is 1. The zero-order valence-corrected chi connectivity index (χ0v) is 12.0. The Bertz CT molecular complexity index is 459. The summed E-state index contributed by atoms with van der Waals surface area (Å²) in [6.45, 7) is 1.56. The average molecular weight is 274 g/mol. The minimum Gasteiger partial charge on any atom is -0.358 e. The Balaban J connectivity index is 1.91. The van der Waals surface area contributed by atoms with Crippen molar-refractivity contribution < 1.29 is 9.59 Å². The monoisotopic (exact) mass is 274 g/mol. The fourth-order valence-electron chi connectivity index (χ4n) is 2.74. The lowest BCUT2D eigenvalue weighted by molar-refractivity contribution is -0.127. The lowest BCUT2D eigenvalue weighted by atomic mass is 10.00. The third-order valence-electron chi connectivity index (χ3n) is 3.88. The highest BCUT2D eigenvalue weighted by Gasteiger charge is 2.27. The molecule has 1 saturated heterocycles. The fourth-order valence-corrected chi connectivity index (χ4v) is 2.74. The van der Waals surface area contributed by atoms with Crippen molar-refractivity contribution in [3.63, 3.8) is 0 Å². The summed E-state index contributed by atoms with van der Waals surface area (Å²) in [5.41, 5.74) is 0.751. The Morgan fingerprint density at radius 2 is 2.00 bits per heavy atom. The van der Waals surface area contributed by atoms with E-state index < -0.39 is 0 Å². The van der Waals surface area contributed by atoms with E-state index in [9.17, 15) is 9.59 Å². The second-order valence-corrected chi connectivity index (χ2v) is 5.20. The van der Waals surface area contributed by atoms with Crippen molar-refractivity contribution in [2.75, 3.05) is 20.1 Å². The topological polar surface area (TPSA) is 49.4 Å². The van der Waals surface area contributed by atoms with Crippen LogP contribution in [-0.2, 0) is 4.79 Å². The number of amides is 1. The maximum atomic E-state index is 12.1. The van der Waals surface area contributed by atoms with Crippen LogP contribution in [0.3, 0.4) is 0 Å². The number of carbonyl (C=O) groups excluding carboxylic acids is 2. The first kappa shape index (κ1) is 14.7. The van der Waals surface area contributed by atoms with Gasteiger partial charge in [0.1, 0.15) is 0 Å². The van der Waals surface area contributed by atoms with Gasteiger partial charge in [0, 0.05) is 25.6 Å². The maximum Gasteiger partial charge on any atom is 0.237 e. The van der Waals surface area contributed by atoms with Crippen molar-refractivity contribution in [3.05, 3.63) is 35.9 Å². The van der Waals surface area contributed by atoms with Gasteiger partial charge in [-0.2, -0.15) is 0 Å². The van der Waals surface area contributed by atoms with Crippen LogP contribution in [0.25, 0.3) is 0 Å². The van der Waals surface area contributed by atoms with Crippen molar-refractivity contribution in [2.24, 2.45) is 0 Å². The first-order chi connectivity index (χ1) is 9.72. The Morgan fingerprint density at radius 3 is 2.70 bits per heavy atom. The molecule has 0 saturated carbocycles. The lowest BCUT2D eigenvalue weighted by Crippen LogP contribution is -2.49. The van der Waals surface area contributed by atoms with Crippen LogP contribution >= 0.6 is 0 Å². The smallest absolute Gasteiger partial charge is 0.237 e. The first-order valence-corrected chi connectivity index (χ1v) is 7.26. The second-order valence-electron chi connectivity index (χ2n) is 5.20.